The number of nitrogens with one attached hydrogen (secondary N) is 1. The van der Waals surface area contributed by atoms with Crippen LogP contribution >= 0.6 is 0 Å². The highest BCUT2D eigenvalue weighted by Gasteiger charge is 2.46. The maximum Gasteiger partial charge on any atom is 0.433 e. The van der Waals surface area contributed by atoms with Gasteiger partial charge in [-0.2, -0.15) is 13.2 Å². The molecule has 0 aromatic carbocycles. The van der Waals surface area contributed by atoms with Gasteiger partial charge in [-0.25, -0.2) is 19.9 Å². The van der Waals surface area contributed by atoms with Gasteiger partial charge in [-0.3, -0.25) is 4.79 Å². The molecule has 0 saturated carbocycles. The van der Waals surface area contributed by atoms with E-state index in [1.807, 2.05) is 0 Å². The number of halogens is 3. The molecule has 0 aliphatic carbocycles. The lowest BCUT2D eigenvalue weighted by Crippen LogP contribution is -2.60. The van der Waals surface area contributed by atoms with Crippen molar-refractivity contribution in [2.24, 2.45) is 5.41 Å². The van der Waals surface area contributed by atoms with E-state index >= 15 is 0 Å². The SMILES string of the molecule is O=C(c1cnc(NCc2cncnc2C(F)(F)F)nc1)N1CC2(CCOCC2)C1. The molecular weight excluding hydrogens is 389 g/mol. The second kappa shape index (κ2) is 7.54. The Morgan fingerprint density at radius 2 is 1.83 bits per heavy atom. The van der Waals surface area contributed by atoms with Crippen LogP contribution < -0.4 is 5.32 Å². The van der Waals surface area contributed by atoms with Gasteiger partial charge in [0.25, 0.3) is 5.91 Å². The summed E-state index contributed by atoms with van der Waals surface area (Å²) >= 11 is 0. The number of ether oxygens (including phenoxy) is 1. The smallest absolute Gasteiger partial charge is 0.381 e. The van der Waals surface area contributed by atoms with E-state index in [4.69, 9.17) is 4.74 Å². The van der Waals surface area contributed by atoms with E-state index in [-0.39, 0.29) is 29.4 Å². The second-order valence-electron chi connectivity index (χ2n) is 7.32. The van der Waals surface area contributed by atoms with Crippen molar-refractivity contribution in [2.45, 2.75) is 25.6 Å². The lowest BCUT2D eigenvalue weighted by Gasteiger charge is -2.52. The molecule has 29 heavy (non-hydrogen) atoms. The van der Waals surface area contributed by atoms with Crippen molar-refractivity contribution in [1.29, 1.82) is 0 Å². The highest BCUT2D eigenvalue weighted by Crippen LogP contribution is 2.40. The molecule has 4 rings (SSSR count). The van der Waals surface area contributed by atoms with Crippen LogP contribution in [0, 0.1) is 5.41 Å². The molecule has 2 aliphatic rings. The predicted molar refractivity (Wildman–Crippen MR) is 94.8 cm³/mol. The fourth-order valence-corrected chi connectivity index (χ4v) is 3.66. The van der Waals surface area contributed by atoms with Crippen molar-refractivity contribution in [1.82, 2.24) is 24.8 Å². The molecule has 154 valence electrons. The largest absolute Gasteiger partial charge is 0.433 e. The number of rotatable bonds is 4. The molecule has 11 heteroatoms. The Morgan fingerprint density at radius 1 is 1.14 bits per heavy atom. The van der Waals surface area contributed by atoms with E-state index in [0.717, 1.165) is 38.6 Å². The quantitative estimate of drug-likeness (QED) is 0.829. The van der Waals surface area contributed by atoms with Crippen molar-refractivity contribution in [3.05, 3.63) is 41.7 Å². The van der Waals surface area contributed by atoms with Gasteiger partial charge in [0.15, 0.2) is 5.69 Å². The van der Waals surface area contributed by atoms with Crippen molar-refractivity contribution < 1.29 is 22.7 Å². The van der Waals surface area contributed by atoms with Gasteiger partial charge in [-0.05, 0) is 12.8 Å². The third-order valence-electron chi connectivity index (χ3n) is 5.29. The number of likely N-dealkylation sites (tertiary alicyclic amines) is 1. The number of anilines is 1. The number of nitrogens with zero attached hydrogens (tertiary/aromatic N) is 5. The number of hydrogen-bond donors (Lipinski definition) is 1. The number of amides is 1. The van der Waals surface area contributed by atoms with E-state index in [0.29, 0.717) is 18.7 Å². The molecule has 4 heterocycles. The van der Waals surface area contributed by atoms with Crippen LogP contribution in [0.5, 0.6) is 0 Å². The molecule has 0 radical (unpaired) electrons. The summed E-state index contributed by atoms with van der Waals surface area (Å²) in [6, 6.07) is 0. The Kier molecular flexibility index (Phi) is 5.07. The first-order chi connectivity index (χ1) is 13.9. The van der Waals surface area contributed by atoms with Gasteiger partial charge in [0.2, 0.25) is 5.95 Å². The van der Waals surface area contributed by atoms with E-state index in [2.05, 4.69) is 25.3 Å². The van der Waals surface area contributed by atoms with E-state index < -0.39 is 11.9 Å². The number of aromatic nitrogens is 4. The lowest BCUT2D eigenvalue weighted by molar-refractivity contribution is -0.141. The number of carbonyl (C=O) groups is 1. The molecule has 0 unspecified atom stereocenters. The summed E-state index contributed by atoms with van der Waals surface area (Å²) in [5, 5.41) is 2.70. The third kappa shape index (κ3) is 4.14. The van der Waals surface area contributed by atoms with Crippen LogP contribution in [-0.2, 0) is 17.5 Å². The van der Waals surface area contributed by atoms with Gasteiger partial charge in [0, 0.05) is 62.4 Å². The average molecular weight is 408 g/mol. The summed E-state index contributed by atoms with van der Waals surface area (Å²) in [6.45, 7) is 2.66. The number of alkyl halides is 3. The minimum atomic E-state index is -4.57. The van der Waals surface area contributed by atoms with E-state index in [1.54, 1.807) is 4.90 Å². The molecule has 2 aromatic rings. The summed E-state index contributed by atoms with van der Waals surface area (Å²) in [5.74, 6) is -0.0347. The molecule has 0 bridgehead atoms. The van der Waals surface area contributed by atoms with Crippen molar-refractivity contribution in [3.8, 4) is 0 Å². The zero-order valence-corrected chi connectivity index (χ0v) is 15.4. The standard InChI is InChI=1S/C18H19F3N6O2/c19-18(20,21)14-12(5-22-11-26-14)6-23-16-24-7-13(8-25-16)15(28)27-9-17(10-27)1-3-29-4-2-17/h5,7-8,11H,1-4,6,9-10H2,(H,23,24,25). The number of carbonyl (C=O) groups excluding carboxylic acids is 1. The van der Waals surface area contributed by atoms with Crippen LogP contribution in [0.25, 0.3) is 0 Å². The summed E-state index contributed by atoms with van der Waals surface area (Å²) in [6.07, 6.45) is 2.03. The predicted octanol–water partition coefficient (Wildman–Crippen LogP) is 2.15. The van der Waals surface area contributed by atoms with Gasteiger partial charge < -0.3 is 15.0 Å². The molecule has 0 atom stereocenters. The first-order valence-electron chi connectivity index (χ1n) is 9.15. The van der Waals surface area contributed by atoms with E-state index in [1.165, 1.54) is 12.4 Å². The van der Waals surface area contributed by atoms with Crippen LogP contribution in [0.2, 0.25) is 0 Å². The minimum absolute atomic E-state index is 0.114. The van der Waals surface area contributed by atoms with Crippen molar-refractivity contribution >= 4 is 11.9 Å². The minimum Gasteiger partial charge on any atom is -0.381 e. The summed E-state index contributed by atoms with van der Waals surface area (Å²) < 4.78 is 44.3. The van der Waals surface area contributed by atoms with Gasteiger partial charge in [-0.1, -0.05) is 0 Å². The van der Waals surface area contributed by atoms with Crippen LogP contribution in [-0.4, -0.2) is 57.0 Å². The molecule has 8 nitrogen and oxygen atoms in total. The zero-order valence-electron chi connectivity index (χ0n) is 15.4. The Labute approximate surface area is 164 Å². The maximum absolute atomic E-state index is 13.0. The molecule has 2 saturated heterocycles. The Hall–Kier alpha value is -2.82. The summed E-state index contributed by atoms with van der Waals surface area (Å²) in [5.41, 5.74) is -0.612. The number of hydrogen-bond acceptors (Lipinski definition) is 7. The van der Waals surface area contributed by atoms with Gasteiger partial charge >= 0.3 is 6.18 Å². The fourth-order valence-electron chi connectivity index (χ4n) is 3.66. The monoisotopic (exact) mass is 408 g/mol. The van der Waals surface area contributed by atoms with Gasteiger partial charge in [0.05, 0.1) is 5.56 Å². The Morgan fingerprint density at radius 3 is 2.48 bits per heavy atom. The van der Waals surface area contributed by atoms with Crippen molar-refractivity contribution in [2.75, 3.05) is 31.6 Å². The van der Waals surface area contributed by atoms with Gasteiger partial charge in [0.1, 0.15) is 6.33 Å². The molecule has 2 fully saturated rings. The summed E-state index contributed by atoms with van der Waals surface area (Å²) in [4.78, 5) is 29.3. The lowest BCUT2D eigenvalue weighted by atomic mass is 9.73. The average Bonchev–Trinajstić information content (AvgIpc) is 2.70. The van der Waals surface area contributed by atoms with Crippen LogP contribution in [0.4, 0.5) is 19.1 Å². The van der Waals surface area contributed by atoms with Crippen molar-refractivity contribution in [3.63, 3.8) is 0 Å². The van der Waals surface area contributed by atoms with E-state index in [9.17, 15) is 18.0 Å². The fraction of sp³-hybridized carbons (Fsp3) is 0.500. The first-order valence-corrected chi connectivity index (χ1v) is 9.15. The Balaban J connectivity index is 1.35. The van der Waals surface area contributed by atoms with Crippen LogP contribution in [0.1, 0.15) is 34.5 Å². The third-order valence-corrected chi connectivity index (χ3v) is 5.29. The van der Waals surface area contributed by atoms with Crippen LogP contribution in [0.15, 0.2) is 24.9 Å². The first kappa shape index (κ1) is 19.5. The molecule has 2 aromatic heterocycles. The Bertz CT molecular complexity index is 876. The topological polar surface area (TPSA) is 93.1 Å². The molecule has 1 amide bonds. The zero-order chi connectivity index (χ0) is 20.5. The highest BCUT2D eigenvalue weighted by molar-refractivity contribution is 5.94. The van der Waals surface area contributed by atoms with Crippen LogP contribution in [0.3, 0.4) is 0 Å². The molecule has 1 N–H and O–H groups in total. The van der Waals surface area contributed by atoms with Gasteiger partial charge in [-0.15, -0.1) is 0 Å². The molecular formula is C18H19F3N6O2. The molecule has 2 aliphatic heterocycles. The maximum atomic E-state index is 13.0. The highest BCUT2D eigenvalue weighted by atomic mass is 19.4. The second-order valence-corrected chi connectivity index (χ2v) is 7.32. The summed E-state index contributed by atoms with van der Waals surface area (Å²) in [7, 11) is 0. The molecule has 1 spiro atoms. The normalized spacial score (nSPS) is 18.4.